The number of nitrogens with zero attached hydrogens (tertiary/aromatic N) is 2. The van der Waals surface area contributed by atoms with Gasteiger partial charge in [0.15, 0.2) is 0 Å². The molecule has 0 radical (unpaired) electrons. The third-order valence-corrected chi connectivity index (χ3v) is 4.26. The van der Waals surface area contributed by atoms with E-state index in [1.807, 2.05) is 25.7 Å². The topological polar surface area (TPSA) is 105 Å². The summed E-state index contributed by atoms with van der Waals surface area (Å²) in [5.41, 5.74) is -0.725. The van der Waals surface area contributed by atoms with Crippen LogP contribution in [0.15, 0.2) is 27.8 Å². The molecule has 1 heterocycles. The van der Waals surface area contributed by atoms with E-state index in [0.29, 0.717) is 18.8 Å². The zero-order chi connectivity index (χ0) is 19.4. The second-order valence-corrected chi connectivity index (χ2v) is 5.87. The first kappa shape index (κ1) is 19.5. The molecule has 0 saturated heterocycles. The summed E-state index contributed by atoms with van der Waals surface area (Å²) in [5, 5.41) is 9.42. The fraction of sp³-hybridized carbons (Fsp3) is 0.389. The molecule has 2 N–H and O–H groups in total. The molecule has 0 amide bonds. The zero-order valence-electron chi connectivity index (χ0n) is 15.3. The minimum atomic E-state index is -1.34. The highest BCUT2D eigenvalue weighted by Gasteiger charge is 2.22. The molecule has 0 aliphatic heterocycles. The number of hydrogen-bond donors (Lipinski definition) is 2. The van der Waals surface area contributed by atoms with Crippen molar-refractivity contribution in [2.45, 2.75) is 27.3 Å². The Hall–Kier alpha value is -2.87. The normalized spacial score (nSPS) is 11.0. The number of benzene rings is 1. The summed E-state index contributed by atoms with van der Waals surface area (Å²) in [4.78, 5) is 41.3. The van der Waals surface area contributed by atoms with Crippen molar-refractivity contribution in [3.63, 3.8) is 0 Å². The molecule has 0 spiro atoms. The van der Waals surface area contributed by atoms with Crippen LogP contribution >= 0.6 is 0 Å². The second kappa shape index (κ2) is 8.01. The van der Waals surface area contributed by atoms with E-state index in [4.69, 9.17) is 4.74 Å². The van der Waals surface area contributed by atoms with Crippen LogP contribution in [-0.2, 0) is 6.54 Å². The molecule has 8 nitrogen and oxygen atoms in total. The van der Waals surface area contributed by atoms with Crippen molar-refractivity contribution in [3.05, 3.63) is 55.9 Å². The van der Waals surface area contributed by atoms with Crippen LogP contribution in [0.1, 0.15) is 35.5 Å². The van der Waals surface area contributed by atoms with E-state index >= 15 is 0 Å². The maximum Gasteiger partial charge on any atom is 0.352 e. The number of carboxylic acids is 1. The predicted molar refractivity (Wildman–Crippen MR) is 97.5 cm³/mol. The minimum Gasteiger partial charge on any atom is -0.495 e. The molecule has 0 aliphatic carbocycles. The van der Waals surface area contributed by atoms with Gasteiger partial charge in [-0.2, -0.15) is 0 Å². The van der Waals surface area contributed by atoms with Gasteiger partial charge in [0.2, 0.25) is 0 Å². The molecule has 0 unspecified atom stereocenters. The smallest absolute Gasteiger partial charge is 0.352 e. The summed E-state index contributed by atoms with van der Waals surface area (Å²) in [6.07, 6.45) is 0. The Labute approximate surface area is 150 Å². The highest BCUT2D eigenvalue weighted by molar-refractivity contribution is 5.86. The predicted octanol–water partition coefficient (Wildman–Crippen LogP) is 1.38. The van der Waals surface area contributed by atoms with Crippen LogP contribution in [0.5, 0.6) is 5.75 Å². The van der Waals surface area contributed by atoms with Crippen LogP contribution in [0.3, 0.4) is 0 Å². The summed E-state index contributed by atoms with van der Waals surface area (Å²) < 4.78 is 6.19. The van der Waals surface area contributed by atoms with Crippen molar-refractivity contribution in [2.75, 3.05) is 20.2 Å². The van der Waals surface area contributed by atoms with Gasteiger partial charge >= 0.3 is 11.7 Å². The molecule has 1 aromatic carbocycles. The molecule has 8 heteroatoms. The van der Waals surface area contributed by atoms with Crippen LogP contribution in [0.2, 0.25) is 0 Å². The van der Waals surface area contributed by atoms with Gasteiger partial charge in [0.25, 0.3) is 5.56 Å². The molecule has 0 fully saturated rings. The molecule has 140 valence electrons. The Bertz CT molecular complexity index is 925. The summed E-state index contributed by atoms with van der Waals surface area (Å²) in [6.45, 7) is 7.06. The van der Waals surface area contributed by atoms with Crippen molar-refractivity contribution in [2.24, 2.45) is 0 Å². The first-order valence-corrected chi connectivity index (χ1v) is 8.32. The van der Waals surface area contributed by atoms with Gasteiger partial charge in [0, 0.05) is 6.54 Å². The number of nitrogens with one attached hydrogen (secondary N) is 1. The lowest BCUT2D eigenvalue weighted by Crippen LogP contribution is -2.40. The van der Waals surface area contributed by atoms with Crippen LogP contribution in [-0.4, -0.2) is 45.7 Å². The van der Waals surface area contributed by atoms with E-state index in [1.54, 1.807) is 18.2 Å². The summed E-state index contributed by atoms with van der Waals surface area (Å²) >= 11 is 0. The lowest BCUT2D eigenvalue weighted by molar-refractivity contribution is 0.0686. The van der Waals surface area contributed by atoms with E-state index in [9.17, 15) is 19.5 Å². The molecule has 26 heavy (non-hydrogen) atoms. The van der Waals surface area contributed by atoms with E-state index in [2.05, 4.69) is 4.98 Å². The number of aromatic nitrogens is 2. The van der Waals surface area contributed by atoms with E-state index in [-0.39, 0.29) is 23.5 Å². The Balaban J connectivity index is 2.81. The number of H-pyrrole nitrogens is 1. The zero-order valence-corrected chi connectivity index (χ0v) is 15.3. The van der Waals surface area contributed by atoms with Crippen molar-refractivity contribution in [1.82, 2.24) is 14.5 Å². The number of aromatic amines is 1. The number of rotatable bonds is 7. The molecular formula is C18H23N3O5. The third-order valence-electron chi connectivity index (χ3n) is 4.26. The molecule has 2 rings (SSSR count). The van der Waals surface area contributed by atoms with E-state index in [1.165, 1.54) is 7.11 Å². The largest absolute Gasteiger partial charge is 0.495 e. The van der Waals surface area contributed by atoms with E-state index < -0.39 is 17.2 Å². The maximum absolute atomic E-state index is 13.1. The molecule has 2 aromatic rings. The number of aromatic carboxylic acids is 1. The Morgan fingerprint density at radius 3 is 2.46 bits per heavy atom. The van der Waals surface area contributed by atoms with Gasteiger partial charge in [-0.05, 0) is 37.7 Å². The van der Waals surface area contributed by atoms with Crippen LogP contribution in [0, 0.1) is 6.92 Å². The van der Waals surface area contributed by atoms with Gasteiger partial charge in [0.1, 0.15) is 11.4 Å². The molecule has 0 atom stereocenters. The van der Waals surface area contributed by atoms with Gasteiger partial charge in [-0.1, -0.05) is 19.9 Å². The standard InChI is InChI=1S/C18H23N3O5/c1-5-20(6-2)10-12-15(17(23)24)19-18(25)21(16(12)22)13-9-11(3)7-8-14(13)26-4/h7-9H,5-6,10H2,1-4H3,(H,19,25)(H,23,24). The summed E-state index contributed by atoms with van der Waals surface area (Å²) in [6, 6.07) is 5.10. The van der Waals surface area contributed by atoms with Gasteiger partial charge in [-0.25, -0.2) is 14.2 Å². The molecular weight excluding hydrogens is 338 g/mol. The van der Waals surface area contributed by atoms with Crippen LogP contribution < -0.4 is 16.0 Å². The van der Waals surface area contributed by atoms with Crippen molar-refractivity contribution < 1.29 is 14.6 Å². The van der Waals surface area contributed by atoms with Crippen molar-refractivity contribution in [1.29, 1.82) is 0 Å². The average Bonchev–Trinajstić information content (AvgIpc) is 2.61. The lowest BCUT2D eigenvalue weighted by Gasteiger charge is -2.19. The number of carbonyl (C=O) groups is 1. The SMILES string of the molecule is CCN(CC)Cc1c(C(=O)O)[nH]c(=O)n(-c2cc(C)ccc2OC)c1=O. The Morgan fingerprint density at radius 2 is 1.92 bits per heavy atom. The van der Waals surface area contributed by atoms with Crippen LogP contribution in [0.4, 0.5) is 0 Å². The molecule has 0 saturated carbocycles. The second-order valence-electron chi connectivity index (χ2n) is 5.87. The Kier molecular flexibility index (Phi) is 5.99. The van der Waals surface area contributed by atoms with Crippen LogP contribution in [0.25, 0.3) is 5.69 Å². The van der Waals surface area contributed by atoms with Gasteiger partial charge in [0.05, 0.1) is 18.4 Å². The maximum atomic E-state index is 13.1. The third kappa shape index (κ3) is 3.70. The Morgan fingerprint density at radius 1 is 1.27 bits per heavy atom. The number of hydrogen-bond acceptors (Lipinski definition) is 5. The number of ether oxygens (including phenoxy) is 1. The number of aryl methyl sites for hydroxylation is 1. The number of carboxylic acid groups (broad SMARTS) is 1. The lowest BCUT2D eigenvalue weighted by atomic mass is 10.1. The monoisotopic (exact) mass is 361 g/mol. The number of methoxy groups -OCH3 is 1. The minimum absolute atomic E-state index is 0.0318. The average molecular weight is 361 g/mol. The van der Waals surface area contributed by atoms with Crippen molar-refractivity contribution in [3.8, 4) is 11.4 Å². The summed E-state index contributed by atoms with van der Waals surface area (Å²) in [7, 11) is 1.44. The van der Waals surface area contributed by atoms with Gasteiger partial charge in [-0.15, -0.1) is 0 Å². The van der Waals surface area contributed by atoms with E-state index in [0.717, 1.165) is 10.1 Å². The molecule has 0 bridgehead atoms. The fourth-order valence-corrected chi connectivity index (χ4v) is 2.77. The summed E-state index contributed by atoms with van der Waals surface area (Å²) in [5.74, 6) is -0.996. The fourth-order valence-electron chi connectivity index (χ4n) is 2.77. The first-order valence-electron chi connectivity index (χ1n) is 8.32. The van der Waals surface area contributed by atoms with Gasteiger partial charge in [-0.3, -0.25) is 9.69 Å². The van der Waals surface area contributed by atoms with Crippen molar-refractivity contribution >= 4 is 5.97 Å². The quantitative estimate of drug-likeness (QED) is 0.772. The highest BCUT2D eigenvalue weighted by atomic mass is 16.5. The molecule has 1 aromatic heterocycles. The molecule has 0 aliphatic rings. The highest BCUT2D eigenvalue weighted by Crippen LogP contribution is 2.22. The van der Waals surface area contributed by atoms with Gasteiger partial charge < -0.3 is 14.8 Å². The first-order chi connectivity index (χ1) is 12.3.